The van der Waals surface area contributed by atoms with Crippen molar-refractivity contribution in [3.05, 3.63) is 75.8 Å². The summed E-state index contributed by atoms with van der Waals surface area (Å²) in [5.41, 5.74) is 5.16. The van der Waals surface area contributed by atoms with E-state index >= 15 is 0 Å². The zero-order chi connectivity index (χ0) is 27.1. The lowest BCUT2D eigenvalue weighted by molar-refractivity contribution is -0.138. The largest absolute Gasteiger partial charge is 0.508 e. The monoisotopic (exact) mass is 533 g/mol. The fourth-order valence-corrected chi connectivity index (χ4v) is 6.70. The Morgan fingerprint density at radius 2 is 1.89 bits per heavy atom. The Hall–Kier alpha value is -2.87. The smallest absolute Gasteiger partial charge is 0.455 e. The number of nitrogens with zero attached hydrogens (tertiary/aromatic N) is 1. The second kappa shape index (κ2) is 10.7. The Labute approximate surface area is 229 Å². The van der Waals surface area contributed by atoms with Crippen LogP contribution < -0.4 is 0 Å². The van der Waals surface area contributed by atoms with E-state index in [4.69, 9.17) is 16.3 Å². The molecule has 2 N–H and O–H groups in total. The number of halogens is 1. The van der Waals surface area contributed by atoms with Crippen molar-refractivity contribution in [1.29, 1.82) is 0 Å². The first-order chi connectivity index (χ1) is 18.2. The second-order valence-corrected chi connectivity index (χ2v) is 11.3. The summed E-state index contributed by atoms with van der Waals surface area (Å²) in [7, 11) is 0.571. The number of allylic oxidation sites excluding steroid dienone is 2. The van der Waals surface area contributed by atoms with Crippen LogP contribution in [0.4, 0.5) is 0 Å². The van der Waals surface area contributed by atoms with E-state index in [2.05, 4.69) is 13.8 Å². The molecule has 2 aromatic rings. The number of rotatable bonds is 6. The molecule has 3 aliphatic rings. The molecule has 0 bridgehead atoms. The van der Waals surface area contributed by atoms with E-state index in [0.29, 0.717) is 30.6 Å². The lowest BCUT2D eigenvalue weighted by Gasteiger charge is -2.44. The highest BCUT2D eigenvalue weighted by Crippen LogP contribution is 2.51. The van der Waals surface area contributed by atoms with Gasteiger partial charge in [0.05, 0.1) is 23.0 Å². The molecule has 0 aromatic heterocycles. The number of phenolic OH excluding ortho intramolecular Hbond substituents is 1. The van der Waals surface area contributed by atoms with Crippen molar-refractivity contribution in [1.82, 2.24) is 4.90 Å². The quantitative estimate of drug-likeness (QED) is 0.223. The van der Waals surface area contributed by atoms with E-state index in [0.717, 1.165) is 22.3 Å². The molecule has 5 rings (SSSR count). The zero-order valence-electron chi connectivity index (χ0n) is 21.9. The second-order valence-electron chi connectivity index (χ2n) is 10.9. The highest BCUT2D eigenvalue weighted by atomic mass is 35.5. The number of carbonyl (C=O) groups excluding carboxylic acids is 2. The van der Waals surface area contributed by atoms with Crippen molar-refractivity contribution in [2.24, 2.45) is 23.7 Å². The van der Waals surface area contributed by atoms with Gasteiger partial charge in [-0.15, -0.1) is 0 Å². The third kappa shape index (κ3) is 4.95. The molecule has 198 valence electrons. The third-order valence-electron chi connectivity index (χ3n) is 8.30. The number of hydrogen-bond donors (Lipinski definition) is 2. The highest BCUT2D eigenvalue weighted by Gasteiger charge is 2.56. The molecule has 6 nitrogen and oxygen atoms in total. The van der Waals surface area contributed by atoms with Crippen molar-refractivity contribution in [3.63, 3.8) is 0 Å². The van der Waals surface area contributed by atoms with Gasteiger partial charge in [0.15, 0.2) is 0 Å². The predicted molar refractivity (Wildman–Crippen MR) is 149 cm³/mol. The number of aromatic hydroxyl groups is 1. The summed E-state index contributed by atoms with van der Waals surface area (Å²) in [6, 6.07) is 14.9. The first-order valence-corrected chi connectivity index (χ1v) is 13.7. The molecular weight excluding hydrogens is 501 g/mol. The van der Waals surface area contributed by atoms with Gasteiger partial charge in [0.2, 0.25) is 11.8 Å². The standard InChI is InChI=1S/C30H33BClNO5/c1-17(2)22-15-23-28(30(36)33(3)29(23)35)24-16-31(37)38-26(27(22)24)12-10-19(18-7-5-4-6-8-18)13-20-9-11-21(34)14-25(20)32/h4-9,11,13-14,17,23-24,26,28,34,37H,10,12,15-16H2,1-3H3/b19-13-/t23-,24+,26-,28-/m1/s1. The topological polar surface area (TPSA) is 87.1 Å². The van der Waals surface area contributed by atoms with Crippen LogP contribution in [0, 0.1) is 23.7 Å². The Kier molecular flexibility index (Phi) is 7.54. The molecular formula is C30H33BClNO5. The summed E-state index contributed by atoms with van der Waals surface area (Å²) < 4.78 is 6.15. The number of fused-ring (bicyclic) bond motifs is 3. The third-order valence-corrected chi connectivity index (χ3v) is 8.62. The van der Waals surface area contributed by atoms with Crippen LogP contribution in [0.15, 0.2) is 59.7 Å². The van der Waals surface area contributed by atoms with Gasteiger partial charge in [-0.1, -0.05) is 61.4 Å². The van der Waals surface area contributed by atoms with Crippen LogP contribution in [0.5, 0.6) is 5.75 Å². The van der Waals surface area contributed by atoms with Crippen LogP contribution in [0.25, 0.3) is 11.6 Å². The fraction of sp³-hybridized carbons (Fsp3) is 0.400. The van der Waals surface area contributed by atoms with Crippen molar-refractivity contribution in [2.75, 3.05) is 7.05 Å². The Morgan fingerprint density at radius 3 is 2.58 bits per heavy atom. The van der Waals surface area contributed by atoms with Crippen molar-refractivity contribution in [2.45, 2.75) is 45.5 Å². The van der Waals surface area contributed by atoms with Gasteiger partial charge in [0, 0.05) is 7.05 Å². The molecule has 1 aliphatic carbocycles. The average molecular weight is 534 g/mol. The van der Waals surface area contributed by atoms with E-state index in [1.807, 2.05) is 36.4 Å². The molecule has 0 unspecified atom stereocenters. The van der Waals surface area contributed by atoms with Crippen LogP contribution in [-0.2, 0) is 14.2 Å². The lowest BCUT2D eigenvalue weighted by Crippen LogP contribution is -2.46. The summed E-state index contributed by atoms with van der Waals surface area (Å²) in [4.78, 5) is 27.3. The fourth-order valence-electron chi connectivity index (χ4n) is 6.47. The molecule has 0 spiro atoms. The molecule has 38 heavy (non-hydrogen) atoms. The number of amides is 2. The molecule has 0 saturated carbocycles. The van der Waals surface area contributed by atoms with Gasteiger partial charge >= 0.3 is 7.12 Å². The molecule has 8 heteroatoms. The van der Waals surface area contributed by atoms with Gasteiger partial charge in [-0.25, -0.2) is 0 Å². The summed E-state index contributed by atoms with van der Waals surface area (Å²) in [6.45, 7) is 4.24. The van der Waals surface area contributed by atoms with Crippen LogP contribution in [0.2, 0.25) is 11.3 Å². The molecule has 2 heterocycles. The van der Waals surface area contributed by atoms with E-state index in [1.165, 1.54) is 16.5 Å². The maximum atomic E-state index is 13.1. The van der Waals surface area contributed by atoms with Gasteiger partial charge in [-0.3, -0.25) is 14.5 Å². The molecule has 2 saturated heterocycles. The maximum absolute atomic E-state index is 13.1. The SMILES string of the molecule is CC(C)C1=C2[C@@H](CC/C(=C/c3ccc(O)cc3Cl)c3ccccc3)OB(O)C[C@@H]2[C@@H]2C(=O)N(C)C(=O)[C@@H]2C1. The minimum Gasteiger partial charge on any atom is -0.508 e. The number of benzene rings is 2. The summed E-state index contributed by atoms with van der Waals surface area (Å²) in [5.74, 6) is -0.967. The van der Waals surface area contributed by atoms with Gasteiger partial charge in [0.25, 0.3) is 0 Å². The number of likely N-dealkylation sites (tertiary alicyclic amines) is 1. The predicted octanol–water partition coefficient (Wildman–Crippen LogP) is 5.45. The molecule has 4 atom stereocenters. The Bertz CT molecular complexity index is 1310. The van der Waals surface area contributed by atoms with E-state index in [9.17, 15) is 19.7 Å². The van der Waals surface area contributed by atoms with Crippen LogP contribution in [-0.4, -0.2) is 47.1 Å². The van der Waals surface area contributed by atoms with E-state index < -0.39 is 13.0 Å². The lowest BCUT2D eigenvalue weighted by atomic mass is 9.57. The maximum Gasteiger partial charge on any atom is 0.455 e. The number of phenols is 1. The van der Waals surface area contributed by atoms with Crippen LogP contribution in [0.3, 0.4) is 0 Å². The normalized spacial score (nSPS) is 25.8. The zero-order valence-corrected chi connectivity index (χ0v) is 22.7. The van der Waals surface area contributed by atoms with Gasteiger partial charge < -0.3 is 14.8 Å². The minimum absolute atomic E-state index is 0.110. The minimum atomic E-state index is -0.995. The van der Waals surface area contributed by atoms with Crippen molar-refractivity contribution < 1.29 is 24.4 Å². The van der Waals surface area contributed by atoms with Crippen molar-refractivity contribution >= 4 is 42.2 Å². The number of imide groups is 1. The molecule has 2 aliphatic heterocycles. The average Bonchev–Trinajstić information content (AvgIpc) is 3.11. The first-order valence-electron chi connectivity index (χ1n) is 13.3. The first kappa shape index (κ1) is 26.7. The van der Waals surface area contributed by atoms with Gasteiger partial charge in [-0.2, -0.15) is 0 Å². The van der Waals surface area contributed by atoms with Crippen molar-refractivity contribution in [3.8, 4) is 5.75 Å². The van der Waals surface area contributed by atoms with Crippen LogP contribution in [0.1, 0.15) is 44.2 Å². The van der Waals surface area contributed by atoms with Gasteiger partial charge in [0.1, 0.15) is 5.75 Å². The van der Waals surface area contributed by atoms with E-state index in [-0.39, 0.29) is 41.4 Å². The van der Waals surface area contributed by atoms with Crippen LogP contribution >= 0.6 is 11.6 Å². The number of carbonyl (C=O) groups is 2. The molecule has 2 amide bonds. The molecule has 2 fully saturated rings. The summed E-state index contributed by atoms with van der Waals surface area (Å²) >= 11 is 6.43. The summed E-state index contributed by atoms with van der Waals surface area (Å²) in [6.07, 6.45) is 3.78. The van der Waals surface area contributed by atoms with E-state index in [1.54, 1.807) is 19.2 Å². The summed E-state index contributed by atoms with van der Waals surface area (Å²) in [5, 5.41) is 21.0. The highest BCUT2D eigenvalue weighted by molar-refractivity contribution is 6.43. The Balaban J connectivity index is 1.50. The van der Waals surface area contributed by atoms with Gasteiger partial charge in [-0.05, 0) is 84.0 Å². The molecule has 2 aromatic carbocycles. The number of hydrogen-bond acceptors (Lipinski definition) is 5. The Morgan fingerprint density at radius 1 is 1.16 bits per heavy atom. The molecule has 0 radical (unpaired) electrons.